The number of carbonyl (C=O) groups is 1. The van der Waals surface area contributed by atoms with Crippen LogP contribution in [-0.2, 0) is 16.6 Å². The Labute approximate surface area is 132 Å². The Balaban J connectivity index is 1.87. The summed E-state index contributed by atoms with van der Waals surface area (Å²) < 4.78 is 7.47. The largest absolute Gasteiger partial charge is 0.481 e. The van der Waals surface area contributed by atoms with Crippen molar-refractivity contribution < 1.29 is 9.53 Å². The van der Waals surface area contributed by atoms with Crippen molar-refractivity contribution in [3.8, 4) is 5.75 Å². The van der Waals surface area contributed by atoms with Crippen molar-refractivity contribution in [2.45, 2.75) is 50.2 Å². The summed E-state index contributed by atoms with van der Waals surface area (Å²) in [5, 5.41) is 3.70. The molecule has 2 heterocycles. The molecule has 2 bridgehead atoms. The number of ketones is 1. The lowest BCUT2D eigenvalue weighted by atomic mass is 9.52. The summed E-state index contributed by atoms with van der Waals surface area (Å²) in [7, 11) is 0. The number of benzene rings is 1. The van der Waals surface area contributed by atoms with Crippen LogP contribution < -0.4 is 10.1 Å². The van der Waals surface area contributed by atoms with Gasteiger partial charge in [-0.15, -0.1) is 0 Å². The maximum absolute atomic E-state index is 12.6. The number of rotatable bonds is 0. The van der Waals surface area contributed by atoms with Crippen LogP contribution in [0, 0.1) is 12.8 Å². The predicted molar refractivity (Wildman–Crippen MR) is 82.8 cm³/mol. The SMILES string of the molecule is Cc1cc(Br)c2c3c1OC1C(=O)CCC4C(C2)NCCC314. The van der Waals surface area contributed by atoms with Gasteiger partial charge >= 0.3 is 0 Å². The maximum Gasteiger partial charge on any atom is 0.174 e. The van der Waals surface area contributed by atoms with Crippen molar-refractivity contribution >= 4 is 21.7 Å². The number of hydrogen-bond donors (Lipinski definition) is 1. The van der Waals surface area contributed by atoms with Crippen molar-refractivity contribution in [2.24, 2.45) is 5.92 Å². The molecule has 4 heteroatoms. The minimum atomic E-state index is -0.233. The van der Waals surface area contributed by atoms with Gasteiger partial charge in [0.2, 0.25) is 0 Å². The van der Waals surface area contributed by atoms with Crippen LogP contribution in [0.1, 0.15) is 36.0 Å². The summed E-state index contributed by atoms with van der Waals surface area (Å²) in [6.45, 7) is 3.10. The van der Waals surface area contributed by atoms with Crippen LogP contribution in [-0.4, -0.2) is 24.5 Å². The molecule has 4 atom stereocenters. The zero-order valence-electron chi connectivity index (χ0n) is 12.0. The number of aryl methyl sites for hydroxylation is 1. The second-order valence-corrected chi connectivity index (χ2v) is 7.88. The summed E-state index contributed by atoms with van der Waals surface area (Å²) in [6, 6.07) is 2.65. The molecule has 110 valence electrons. The molecule has 4 aliphatic rings. The number of ether oxygens (including phenoxy) is 1. The number of halogens is 1. The van der Waals surface area contributed by atoms with Gasteiger partial charge in [-0.3, -0.25) is 4.79 Å². The van der Waals surface area contributed by atoms with Crippen LogP contribution in [0.3, 0.4) is 0 Å². The first kappa shape index (κ1) is 12.7. The predicted octanol–water partition coefficient (Wildman–Crippen LogP) is 2.65. The Bertz CT molecular complexity index is 686. The van der Waals surface area contributed by atoms with Crippen molar-refractivity contribution in [3.05, 3.63) is 27.2 Å². The molecule has 3 nitrogen and oxygen atoms in total. The molecular formula is C17H18BrNO2. The Hall–Kier alpha value is -0.870. The minimum absolute atomic E-state index is 0.0529. The Morgan fingerprint density at radius 3 is 3.19 bits per heavy atom. The summed E-state index contributed by atoms with van der Waals surface area (Å²) in [6.07, 6.45) is 3.54. The lowest BCUT2D eigenvalue weighted by Crippen LogP contribution is -2.65. The van der Waals surface area contributed by atoms with Crippen LogP contribution in [0.15, 0.2) is 10.5 Å². The molecule has 0 aromatic heterocycles. The van der Waals surface area contributed by atoms with Gasteiger partial charge in [-0.05, 0) is 55.8 Å². The second-order valence-electron chi connectivity index (χ2n) is 7.02. The fraction of sp³-hybridized carbons (Fsp3) is 0.588. The zero-order chi connectivity index (χ0) is 14.4. The van der Waals surface area contributed by atoms with E-state index in [-0.39, 0.29) is 11.5 Å². The fourth-order valence-electron chi connectivity index (χ4n) is 5.46. The Morgan fingerprint density at radius 1 is 1.48 bits per heavy atom. The molecule has 1 aromatic rings. The molecule has 2 aliphatic carbocycles. The summed E-state index contributed by atoms with van der Waals surface area (Å²) in [4.78, 5) is 12.6. The smallest absolute Gasteiger partial charge is 0.174 e. The third kappa shape index (κ3) is 1.32. The normalized spacial score (nSPS) is 39.0. The lowest BCUT2D eigenvalue weighted by Gasteiger charge is -2.54. The standard InChI is InChI=1S/C17H18BrNO2/c1-8-6-11(18)9-7-12-10-2-3-13(20)16-17(10,4-5-19-12)14(9)15(8)21-16/h6,10,12,16,19H,2-5,7H2,1H3. The molecule has 1 aromatic carbocycles. The van der Waals surface area contributed by atoms with E-state index in [0.717, 1.165) is 37.1 Å². The van der Waals surface area contributed by atoms with Gasteiger partial charge in [0.05, 0.1) is 0 Å². The molecule has 1 N–H and O–H groups in total. The van der Waals surface area contributed by atoms with E-state index < -0.39 is 0 Å². The molecule has 2 fully saturated rings. The van der Waals surface area contributed by atoms with Crippen molar-refractivity contribution in [1.82, 2.24) is 5.32 Å². The van der Waals surface area contributed by atoms with E-state index in [1.54, 1.807) is 0 Å². The van der Waals surface area contributed by atoms with E-state index >= 15 is 0 Å². The Kier molecular flexibility index (Phi) is 2.35. The quantitative estimate of drug-likeness (QED) is 0.784. The average Bonchev–Trinajstić information content (AvgIpc) is 2.78. The van der Waals surface area contributed by atoms with Crippen LogP contribution in [0.4, 0.5) is 0 Å². The van der Waals surface area contributed by atoms with E-state index in [0.29, 0.717) is 24.2 Å². The lowest BCUT2D eigenvalue weighted by molar-refractivity contribution is -0.135. The van der Waals surface area contributed by atoms with Gasteiger partial charge < -0.3 is 10.1 Å². The Morgan fingerprint density at radius 2 is 2.33 bits per heavy atom. The topological polar surface area (TPSA) is 38.3 Å². The molecule has 0 radical (unpaired) electrons. The van der Waals surface area contributed by atoms with E-state index in [4.69, 9.17) is 4.74 Å². The number of carbonyl (C=O) groups excluding carboxylic acids is 1. The molecule has 2 aliphatic heterocycles. The van der Waals surface area contributed by atoms with Crippen molar-refractivity contribution in [3.63, 3.8) is 0 Å². The second kappa shape index (κ2) is 3.90. The van der Waals surface area contributed by atoms with Gasteiger partial charge in [-0.2, -0.15) is 0 Å². The van der Waals surface area contributed by atoms with Gasteiger partial charge in [0.25, 0.3) is 0 Å². The molecule has 1 spiro atoms. The van der Waals surface area contributed by atoms with Crippen molar-refractivity contribution in [2.75, 3.05) is 6.54 Å². The first-order valence-electron chi connectivity index (χ1n) is 7.88. The zero-order valence-corrected chi connectivity index (χ0v) is 13.6. The molecule has 1 saturated carbocycles. The van der Waals surface area contributed by atoms with E-state index in [2.05, 4.69) is 34.2 Å². The first-order chi connectivity index (χ1) is 10.1. The highest BCUT2D eigenvalue weighted by atomic mass is 79.9. The first-order valence-corrected chi connectivity index (χ1v) is 8.67. The van der Waals surface area contributed by atoms with E-state index in [9.17, 15) is 4.79 Å². The molecule has 0 amide bonds. The molecule has 1 saturated heterocycles. The van der Waals surface area contributed by atoms with Crippen LogP contribution in [0.2, 0.25) is 0 Å². The van der Waals surface area contributed by atoms with E-state index in [1.165, 1.54) is 15.6 Å². The highest BCUT2D eigenvalue weighted by Gasteiger charge is 2.64. The van der Waals surface area contributed by atoms with Gasteiger partial charge in [-0.25, -0.2) is 0 Å². The number of hydrogen-bond acceptors (Lipinski definition) is 3. The minimum Gasteiger partial charge on any atom is -0.481 e. The molecule has 21 heavy (non-hydrogen) atoms. The van der Waals surface area contributed by atoms with Gasteiger partial charge in [-0.1, -0.05) is 15.9 Å². The van der Waals surface area contributed by atoms with Gasteiger partial charge in [0, 0.05) is 27.9 Å². The number of Topliss-reactive ketones (excluding diaryl/α,β-unsaturated/α-hetero) is 1. The van der Waals surface area contributed by atoms with Crippen LogP contribution in [0.5, 0.6) is 5.75 Å². The van der Waals surface area contributed by atoms with Gasteiger partial charge in [0.1, 0.15) is 5.75 Å². The third-order valence-electron chi connectivity index (χ3n) is 6.20. The summed E-state index contributed by atoms with van der Waals surface area (Å²) in [5.41, 5.74) is 3.85. The molecular weight excluding hydrogens is 330 g/mol. The highest BCUT2D eigenvalue weighted by Crippen LogP contribution is 2.61. The number of piperidine rings is 1. The average molecular weight is 348 g/mol. The van der Waals surface area contributed by atoms with Crippen LogP contribution >= 0.6 is 15.9 Å². The summed E-state index contributed by atoms with van der Waals surface area (Å²) >= 11 is 3.75. The maximum atomic E-state index is 12.6. The third-order valence-corrected chi connectivity index (χ3v) is 6.91. The fourth-order valence-corrected chi connectivity index (χ4v) is 6.16. The van der Waals surface area contributed by atoms with Crippen LogP contribution in [0.25, 0.3) is 0 Å². The molecule has 5 rings (SSSR count). The van der Waals surface area contributed by atoms with Gasteiger partial charge in [0.15, 0.2) is 11.9 Å². The number of nitrogens with one attached hydrogen (secondary N) is 1. The monoisotopic (exact) mass is 347 g/mol. The highest BCUT2D eigenvalue weighted by molar-refractivity contribution is 9.10. The van der Waals surface area contributed by atoms with Crippen molar-refractivity contribution in [1.29, 1.82) is 0 Å². The summed E-state index contributed by atoms with van der Waals surface area (Å²) in [5.74, 6) is 1.88. The van der Waals surface area contributed by atoms with E-state index in [1.807, 2.05) is 0 Å². The molecule has 4 unspecified atom stereocenters.